The van der Waals surface area contributed by atoms with Crippen molar-refractivity contribution in [3.05, 3.63) is 15.3 Å². The summed E-state index contributed by atoms with van der Waals surface area (Å²) in [5.74, 6) is 0. The third-order valence-electron chi connectivity index (χ3n) is 0.978. The Morgan fingerprint density at radius 1 is 1.36 bits per heavy atom. The van der Waals surface area contributed by atoms with Gasteiger partial charge >= 0.3 is 0 Å². The molecule has 0 unspecified atom stereocenters. The minimum Gasteiger partial charge on any atom is -0.356 e. The minimum atomic E-state index is -1.75. The van der Waals surface area contributed by atoms with Crippen LogP contribution in [0.15, 0.2) is 0 Å². The van der Waals surface area contributed by atoms with Gasteiger partial charge in [0.2, 0.25) is 0 Å². The summed E-state index contributed by atoms with van der Waals surface area (Å²) in [6.07, 6.45) is 0. The van der Waals surface area contributed by atoms with Crippen molar-refractivity contribution in [1.29, 1.82) is 0 Å². The Morgan fingerprint density at radius 3 is 1.45 bits per heavy atom. The Balaban J connectivity index is 0. The van der Waals surface area contributed by atoms with E-state index in [2.05, 4.69) is 0 Å². The zero-order chi connectivity index (χ0) is 9.65. The summed E-state index contributed by atoms with van der Waals surface area (Å²) < 4.78 is 0. The van der Waals surface area contributed by atoms with Gasteiger partial charge in [-0.2, -0.15) is 10.4 Å². The zero-order valence-electron chi connectivity index (χ0n) is 6.59. The van der Waals surface area contributed by atoms with Crippen molar-refractivity contribution in [2.75, 3.05) is 7.05 Å². The molecule has 0 aliphatic rings. The van der Waals surface area contributed by atoms with E-state index in [0.717, 1.165) is 0 Å². The van der Waals surface area contributed by atoms with Crippen LogP contribution in [0.1, 0.15) is 13.8 Å². The molecular weight excluding hydrogens is 156 g/mol. The van der Waals surface area contributed by atoms with Gasteiger partial charge in [0.05, 0.1) is 5.09 Å². The second kappa shape index (κ2) is 4.83. The second-order valence-corrected chi connectivity index (χ2v) is 2.30. The molecule has 0 aromatic rings. The van der Waals surface area contributed by atoms with Crippen LogP contribution in [-0.2, 0) is 0 Å². The molecule has 0 rings (SSSR count). The van der Waals surface area contributed by atoms with Gasteiger partial charge in [-0.25, -0.2) is 0 Å². The lowest BCUT2D eigenvalue weighted by atomic mass is 10.4. The van der Waals surface area contributed by atoms with E-state index in [4.69, 9.17) is 25.7 Å². The van der Waals surface area contributed by atoms with Gasteiger partial charge in [0.25, 0.3) is 0 Å². The van der Waals surface area contributed by atoms with Gasteiger partial charge in [-0.05, 0) is 18.7 Å². The smallest absolute Gasteiger partial charge is 0.146 e. The summed E-state index contributed by atoms with van der Waals surface area (Å²) >= 11 is 0. The first-order valence-electron chi connectivity index (χ1n) is 2.81. The molecule has 0 spiro atoms. The third kappa shape index (κ3) is 17.6. The van der Waals surface area contributed by atoms with E-state index < -0.39 is 9.90 Å². The van der Waals surface area contributed by atoms with Crippen LogP contribution in [-0.4, -0.2) is 33.4 Å². The Hall–Kier alpha value is -0.920. The molecule has 0 aromatic heterocycles. The topological polar surface area (TPSA) is 107 Å². The first kappa shape index (κ1) is 12.7. The van der Waals surface area contributed by atoms with E-state index in [1.807, 2.05) is 0 Å². The number of hydrogen-bond donors (Lipinski definition) is 2. The van der Waals surface area contributed by atoms with Crippen LogP contribution < -0.4 is 0 Å². The van der Waals surface area contributed by atoms with Crippen LogP contribution in [0.2, 0.25) is 0 Å². The van der Waals surface area contributed by atoms with Gasteiger partial charge in [-0.15, -0.1) is 0 Å². The highest BCUT2D eigenvalue weighted by Crippen LogP contribution is 1.96. The van der Waals surface area contributed by atoms with Crippen molar-refractivity contribution in [2.24, 2.45) is 0 Å². The molecule has 7 heteroatoms. The average molecular weight is 168 g/mol. The highest BCUT2D eigenvalue weighted by Gasteiger charge is 2.18. The van der Waals surface area contributed by atoms with E-state index in [1.54, 1.807) is 13.8 Å². The quantitative estimate of drug-likeness (QED) is 0.334. The summed E-state index contributed by atoms with van der Waals surface area (Å²) in [6.45, 7) is 3.44. The van der Waals surface area contributed by atoms with E-state index in [9.17, 15) is 0 Å². The normalized spacial score (nSPS) is 10.4. The van der Waals surface area contributed by atoms with Crippen LogP contribution in [0.5, 0.6) is 0 Å². The summed E-state index contributed by atoms with van der Waals surface area (Å²) in [4.78, 5) is 7.31. The number of rotatable bonds is 1. The SMILES string of the molecule is CC(C)[N+](C)(O)O.O=[N+]([O-])[O-]. The molecule has 0 heterocycles. The monoisotopic (exact) mass is 168 g/mol. The lowest BCUT2D eigenvalue weighted by molar-refractivity contribution is -1.25. The largest absolute Gasteiger partial charge is 0.356 e. The molecule has 68 valence electrons. The average Bonchev–Trinajstić information content (AvgIpc) is 1.59. The molecule has 0 aliphatic heterocycles. The molecule has 0 bridgehead atoms. The summed E-state index contributed by atoms with van der Waals surface area (Å²) in [6, 6.07) is -0.153. The molecule has 2 N–H and O–H groups in total. The molecule has 0 saturated carbocycles. The fraction of sp³-hybridized carbons (Fsp3) is 1.00. The van der Waals surface area contributed by atoms with Crippen LogP contribution in [0.25, 0.3) is 0 Å². The predicted molar refractivity (Wildman–Crippen MR) is 35.3 cm³/mol. The lowest BCUT2D eigenvalue weighted by Crippen LogP contribution is -2.42. The van der Waals surface area contributed by atoms with Crippen molar-refractivity contribution in [3.8, 4) is 0 Å². The second-order valence-electron chi connectivity index (χ2n) is 2.30. The van der Waals surface area contributed by atoms with Gasteiger partial charge in [-0.3, -0.25) is 0 Å². The maximum atomic E-state index is 8.59. The fourth-order valence-corrected chi connectivity index (χ4v) is 0. The van der Waals surface area contributed by atoms with Gasteiger partial charge in [0, 0.05) is 0 Å². The molecule has 0 fully saturated rings. The lowest BCUT2D eigenvalue weighted by Gasteiger charge is -2.18. The minimum absolute atomic E-state index is 0.153. The fourth-order valence-electron chi connectivity index (χ4n) is 0. The number of nitrogens with zero attached hydrogens (tertiary/aromatic N) is 2. The van der Waals surface area contributed by atoms with Gasteiger partial charge in [0.1, 0.15) is 13.1 Å². The Kier molecular flexibility index (Phi) is 5.59. The van der Waals surface area contributed by atoms with Crippen LogP contribution in [0.3, 0.4) is 0 Å². The first-order chi connectivity index (χ1) is 4.68. The molecule has 0 saturated heterocycles. The number of hydrogen-bond acceptors (Lipinski definition) is 5. The molecule has 0 aliphatic carbocycles. The zero-order valence-corrected chi connectivity index (χ0v) is 6.59. The molecular formula is C4H12N2O5. The van der Waals surface area contributed by atoms with Gasteiger partial charge < -0.3 is 15.3 Å². The molecule has 0 radical (unpaired) electrons. The Labute approximate surface area is 63.7 Å². The standard InChI is InChI=1S/C4H12NO2.NO3/c1-4(2)5(3,6)7;2-1(3)4/h4,6-7H,1-3H3;/q+1;-1. The maximum absolute atomic E-state index is 8.59. The van der Waals surface area contributed by atoms with Gasteiger partial charge in [0.15, 0.2) is 0 Å². The molecule has 0 atom stereocenters. The van der Waals surface area contributed by atoms with Crippen LogP contribution >= 0.6 is 0 Å². The summed E-state index contributed by atoms with van der Waals surface area (Å²) in [7, 11) is 1.31. The molecule has 11 heavy (non-hydrogen) atoms. The summed E-state index contributed by atoms with van der Waals surface area (Å²) in [5, 5.41) is 31.9. The molecule has 7 nitrogen and oxygen atoms in total. The predicted octanol–water partition coefficient (Wildman–Crippen LogP) is 0.381. The molecule has 0 aromatic carbocycles. The first-order valence-corrected chi connectivity index (χ1v) is 2.81. The third-order valence-corrected chi connectivity index (χ3v) is 0.978. The summed E-state index contributed by atoms with van der Waals surface area (Å²) in [5.41, 5.74) is 0. The van der Waals surface area contributed by atoms with Gasteiger partial charge in [-0.1, -0.05) is 0 Å². The maximum Gasteiger partial charge on any atom is 0.146 e. The Morgan fingerprint density at radius 2 is 1.45 bits per heavy atom. The molecule has 0 amide bonds. The van der Waals surface area contributed by atoms with Crippen molar-refractivity contribution in [3.63, 3.8) is 0 Å². The van der Waals surface area contributed by atoms with E-state index in [-0.39, 0.29) is 6.04 Å². The highest BCUT2D eigenvalue weighted by atomic mass is 16.9. The van der Waals surface area contributed by atoms with Crippen LogP contribution in [0, 0.1) is 15.3 Å². The number of hydroxylamine groups is 4. The van der Waals surface area contributed by atoms with Crippen LogP contribution in [0.4, 0.5) is 0 Å². The van der Waals surface area contributed by atoms with Crippen molar-refractivity contribution in [1.82, 2.24) is 0 Å². The van der Waals surface area contributed by atoms with Crippen molar-refractivity contribution >= 4 is 0 Å². The van der Waals surface area contributed by atoms with E-state index in [1.165, 1.54) is 7.05 Å². The Bertz CT molecular complexity index is 114. The van der Waals surface area contributed by atoms with Crippen molar-refractivity contribution in [2.45, 2.75) is 19.9 Å². The number of quaternary nitrogens is 1. The van der Waals surface area contributed by atoms with E-state index >= 15 is 0 Å². The van der Waals surface area contributed by atoms with E-state index in [0.29, 0.717) is 0 Å². The highest BCUT2D eigenvalue weighted by molar-refractivity contribution is 4.25. The van der Waals surface area contributed by atoms with Crippen molar-refractivity contribution < 1.29 is 20.3 Å².